The molecule has 0 aromatic carbocycles. The number of aryl methyl sites for hydroxylation is 1. The Balaban J connectivity index is 2.80. The maximum absolute atomic E-state index is 12.5. The van der Waals surface area contributed by atoms with Crippen LogP contribution in [0.1, 0.15) is 11.1 Å². The van der Waals surface area contributed by atoms with Crippen molar-refractivity contribution < 1.29 is 13.2 Å². The van der Waals surface area contributed by atoms with Gasteiger partial charge in [-0.1, -0.05) is 0 Å². The van der Waals surface area contributed by atoms with E-state index in [4.69, 9.17) is 0 Å². The van der Waals surface area contributed by atoms with Crippen molar-refractivity contribution >= 4 is 5.65 Å². The Bertz CT molecular complexity index is 470. The van der Waals surface area contributed by atoms with Gasteiger partial charge in [0.2, 0.25) is 0 Å². The highest BCUT2D eigenvalue weighted by atomic mass is 19.4. The van der Waals surface area contributed by atoms with Crippen molar-refractivity contribution in [1.29, 1.82) is 0 Å². The average Bonchev–Trinajstić information content (AvgIpc) is 2.47. The molecule has 0 aliphatic rings. The number of fused-ring (bicyclic) bond motifs is 1. The summed E-state index contributed by atoms with van der Waals surface area (Å²) in [7, 11) is 0. The zero-order chi connectivity index (χ0) is 10.3. The molecule has 2 aromatic heterocycles. The van der Waals surface area contributed by atoms with Crippen LogP contribution in [0.25, 0.3) is 5.65 Å². The zero-order valence-electron chi connectivity index (χ0n) is 7.34. The largest absolute Gasteiger partial charge is 0.419 e. The predicted molar refractivity (Wildman–Crippen MR) is 44.9 cm³/mol. The predicted octanol–water partition coefficient (Wildman–Crippen LogP) is 2.66. The first-order valence-corrected chi connectivity index (χ1v) is 3.99. The number of hydrogen-bond donors (Lipinski definition) is 0. The Labute approximate surface area is 78.0 Å². The Hall–Kier alpha value is -1.52. The molecule has 74 valence electrons. The van der Waals surface area contributed by atoms with Gasteiger partial charge in [-0.05, 0) is 18.6 Å². The zero-order valence-corrected chi connectivity index (χ0v) is 7.34. The summed E-state index contributed by atoms with van der Waals surface area (Å²) >= 11 is 0. The fourth-order valence-corrected chi connectivity index (χ4v) is 1.38. The molecule has 2 aromatic rings. The topological polar surface area (TPSA) is 17.3 Å². The molecule has 0 fully saturated rings. The summed E-state index contributed by atoms with van der Waals surface area (Å²) in [5.41, 5.74) is -0.187. The van der Waals surface area contributed by atoms with E-state index in [1.54, 1.807) is 13.1 Å². The van der Waals surface area contributed by atoms with Crippen molar-refractivity contribution in [2.24, 2.45) is 0 Å². The normalized spacial score (nSPS) is 12.3. The molecule has 0 atom stereocenters. The molecule has 0 unspecified atom stereocenters. The molecule has 0 aliphatic heterocycles. The first-order chi connectivity index (χ1) is 6.48. The van der Waals surface area contributed by atoms with Crippen molar-refractivity contribution in [1.82, 2.24) is 9.38 Å². The van der Waals surface area contributed by atoms with Crippen LogP contribution in [-0.4, -0.2) is 9.38 Å². The van der Waals surface area contributed by atoms with E-state index < -0.39 is 11.7 Å². The van der Waals surface area contributed by atoms with Gasteiger partial charge in [0, 0.05) is 18.6 Å². The highest BCUT2D eigenvalue weighted by molar-refractivity contribution is 5.50. The van der Waals surface area contributed by atoms with Gasteiger partial charge >= 0.3 is 6.18 Å². The molecule has 5 heteroatoms. The van der Waals surface area contributed by atoms with Gasteiger partial charge in [0.05, 0.1) is 5.56 Å². The van der Waals surface area contributed by atoms with Crippen LogP contribution in [-0.2, 0) is 6.18 Å². The molecule has 0 aliphatic carbocycles. The number of hydrogen-bond acceptors (Lipinski definition) is 1. The van der Waals surface area contributed by atoms with Crippen molar-refractivity contribution in [3.05, 3.63) is 35.8 Å². The Morgan fingerprint density at radius 2 is 2.07 bits per heavy atom. The van der Waals surface area contributed by atoms with E-state index in [9.17, 15) is 13.2 Å². The quantitative estimate of drug-likeness (QED) is 0.639. The van der Waals surface area contributed by atoms with Crippen molar-refractivity contribution in [3.63, 3.8) is 0 Å². The lowest BCUT2D eigenvalue weighted by atomic mass is 10.2. The van der Waals surface area contributed by atoms with E-state index in [1.807, 2.05) is 0 Å². The third-order valence-corrected chi connectivity index (χ3v) is 1.93. The van der Waals surface area contributed by atoms with Crippen molar-refractivity contribution in [2.75, 3.05) is 0 Å². The van der Waals surface area contributed by atoms with Crippen LogP contribution in [0.15, 0.2) is 24.7 Å². The third-order valence-electron chi connectivity index (χ3n) is 1.93. The number of pyridine rings is 1. The number of imidazole rings is 1. The average molecular weight is 200 g/mol. The van der Waals surface area contributed by atoms with Crippen LogP contribution < -0.4 is 0 Å². The summed E-state index contributed by atoms with van der Waals surface area (Å²) in [5, 5.41) is 0. The SMILES string of the molecule is Cc1cc(C(F)(F)F)c2nccn2c1. The van der Waals surface area contributed by atoms with E-state index in [2.05, 4.69) is 4.98 Å². The van der Waals surface area contributed by atoms with E-state index >= 15 is 0 Å². The van der Waals surface area contributed by atoms with E-state index in [0.29, 0.717) is 5.56 Å². The van der Waals surface area contributed by atoms with Gasteiger partial charge in [-0.15, -0.1) is 0 Å². The van der Waals surface area contributed by atoms with Gasteiger partial charge in [0.15, 0.2) is 0 Å². The first kappa shape index (κ1) is 9.05. The molecule has 2 heterocycles. The van der Waals surface area contributed by atoms with Crippen LogP contribution in [0.2, 0.25) is 0 Å². The molecule has 14 heavy (non-hydrogen) atoms. The Morgan fingerprint density at radius 3 is 2.71 bits per heavy atom. The lowest BCUT2D eigenvalue weighted by molar-refractivity contribution is -0.136. The van der Waals surface area contributed by atoms with Gasteiger partial charge in [-0.25, -0.2) is 4.98 Å². The molecule has 0 saturated heterocycles. The minimum absolute atomic E-state index is 0.0527. The van der Waals surface area contributed by atoms with Gasteiger partial charge in [0.25, 0.3) is 0 Å². The number of halogens is 3. The smallest absolute Gasteiger partial charge is 0.306 e. The van der Waals surface area contributed by atoms with E-state index in [0.717, 1.165) is 6.07 Å². The van der Waals surface area contributed by atoms with Gasteiger partial charge in [0.1, 0.15) is 5.65 Å². The summed E-state index contributed by atoms with van der Waals surface area (Å²) < 4.78 is 38.9. The number of nitrogens with zero attached hydrogens (tertiary/aromatic N) is 2. The second-order valence-corrected chi connectivity index (χ2v) is 3.09. The molecule has 0 N–H and O–H groups in total. The van der Waals surface area contributed by atoms with E-state index in [1.165, 1.54) is 16.8 Å². The van der Waals surface area contributed by atoms with Gasteiger partial charge in [-0.2, -0.15) is 13.2 Å². The van der Waals surface area contributed by atoms with Crippen LogP contribution in [0.4, 0.5) is 13.2 Å². The molecule has 0 amide bonds. The minimum Gasteiger partial charge on any atom is -0.306 e. The minimum atomic E-state index is -4.35. The summed E-state index contributed by atoms with van der Waals surface area (Å²) in [6.07, 6.45) is 0.109. The van der Waals surface area contributed by atoms with Crippen LogP contribution in [0, 0.1) is 6.92 Å². The Kier molecular flexibility index (Phi) is 1.77. The first-order valence-electron chi connectivity index (χ1n) is 3.99. The lowest BCUT2D eigenvalue weighted by Gasteiger charge is -2.08. The fraction of sp³-hybridized carbons (Fsp3) is 0.222. The summed E-state index contributed by atoms with van der Waals surface area (Å²) in [5.74, 6) is 0. The highest BCUT2D eigenvalue weighted by Crippen LogP contribution is 2.32. The van der Waals surface area contributed by atoms with Gasteiger partial charge in [-0.3, -0.25) is 0 Å². The standard InChI is InChI=1S/C9H7F3N2/c1-6-4-7(9(10,11)12)8-13-2-3-14(8)5-6/h2-5H,1H3. The maximum atomic E-state index is 12.5. The fourth-order valence-electron chi connectivity index (χ4n) is 1.38. The second-order valence-electron chi connectivity index (χ2n) is 3.09. The molecule has 2 rings (SSSR count). The third kappa shape index (κ3) is 1.34. The van der Waals surface area contributed by atoms with Crippen molar-refractivity contribution in [2.45, 2.75) is 13.1 Å². The molecule has 2 nitrogen and oxygen atoms in total. The van der Waals surface area contributed by atoms with E-state index in [-0.39, 0.29) is 5.65 Å². The lowest BCUT2D eigenvalue weighted by Crippen LogP contribution is -2.08. The van der Waals surface area contributed by atoms with Crippen LogP contribution in [0.3, 0.4) is 0 Å². The molecule has 0 bridgehead atoms. The number of aromatic nitrogens is 2. The van der Waals surface area contributed by atoms with Crippen LogP contribution in [0.5, 0.6) is 0 Å². The number of rotatable bonds is 0. The van der Waals surface area contributed by atoms with Crippen LogP contribution >= 0.6 is 0 Å². The monoisotopic (exact) mass is 200 g/mol. The molecule has 0 spiro atoms. The van der Waals surface area contributed by atoms with Gasteiger partial charge < -0.3 is 4.40 Å². The summed E-state index contributed by atoms with van der Waals surface area (Å²) in [4.78, 5) is 3.67. The highest BCUT2D eigenvalue weighted by Gasteiger charge is 2.33. The maximum Gasteiger partial charge on any atom is 0.419 e. The Morgan fingerprint density at radius 1 is 1.36 bits per heavy atom. The van der Waals surface area contributed by atoms with Crippen molar-refractivity contribution in [3.8, 4) is 0 Å². The molecular weight excluding hydrogens is 193 g/mol. The molecule has 0 radical (unpaired) electrons. The summed E-state index contributed by atoms with van der Waals surface area (Å²) in [6.45, 7) is 1.62. The number of alkyl halides is 3. The summed E-state index contributed by atoms with van der Waals surface area (Å²) in [6, 6.07) is 1.10. The molecular formula is C9H7F3N2. The molecule has 0 saturated carbocycles. The second kappa shape index (κ2) is 2.73.